The third kappa shape index (κ3) is 3.76. The summed E-state index contributed by atoms with van der Waals surface area (Å²) in [6.07, 6.45) is 6.18. The fourth-order valence-corrected chi connectivity index (χ4v) is 1.83. The minimum Gasteiger partial charge on any atom is -0.344 e. The van der Waals surface area contributed by atoms with Crippen LogP contribution in [0.3, 0.4) is 0 Å². The molecule has 0 radical (unpaired) electrons. The van der Waals surface area contributed by atoms with Gasteiger partial charge in [0.2, 0.25) is 5.91 Å². The molecule has 92 valence electrons. The number of halogens is 1. The maximum atomic E-state index is 11.3. The Balaban J connectivity index is 2.84. The van der Waals surface area contributed by atoms with Gasteiger partial charge in [0, 0.05) is 16.9 Å². The van der Waals surface area contributed by atoms with Gasteiger partial charge in [0.15, 0.2) is 5.03 Å². The van der Waals surface area contributed by atoms with Gasteiger partial charge in [-0.1, -0.05) is 5.92 Å². The van der Waals surface area contributed by atoms with Crippen molar-refractivity contribution >= 4 is 25.6 Å². The molecule has 0 aliphatic heterocycles. The van der Waals surface area contributed by atoms with Crippen molar-refractivity contribution in [1.82, 2.24) is 14.9 Å². The average Bonchev–Trinajstić information content (AvgIpc) is 2.57. The molecule has 0 saturated carbocycles. The first kappa shape index (κ1) is 13.5. The number of carbonyl (C=O) groups is 1. The Labute approximate surface area is 103 Å². The molecule has 0 aliphatic rings. The zero-order chi connectivity index (χ0) is 13.1. The number of terminal acetylenes is 1. The fraction of sp³-hybridized carbons (Fsp3) is 0.333. The van der Waals surface area contributed by atoms with Crippen LogP contribution in [0.1, 0.15) is 5.82 Å². The van der Waals surface area contributed by atoms with E-state index >= 15 is 0 Å². The molecule has 0 atom stereocenters. The Bertz CT molecular complexity index is 571. The SMILES string of the molecule is C#CCNC(=O)Cn1cc(S(=O)(=O)Cl)nc1C. The number of hydrogen-bond donors (Lipinski definition) is 1. The molecular weight excluding hydrogens is 266 g/mol. The van der Waals surface area contributed by atoms with Gasteiger partial charge in [-0.25, -0.2) is 13.4 Å². The number of hydrogen-bond acceptors (Lipinski definition) is 4. The van der Waals surface area contributed by atoms with E-state index < -0.39 is 9.05 Å². The van der Waals surface area contributed by atoms with Crippen LogP contribution < -0.4 is 5.32 Å². The van der Waals surface area contributed by atoms with Gasteiger partial charge >= 0.3 is 0 Å². The number of nitrogens with one attached hydrogen (secondary N) is 1. The molecule has 1 amide bonds. The van der Waals surface area contributed by atoms with Crippen LogP contribution >= 0.6 is 10.7 Å². The highest BCUT2D eigenvalue weighted by Gasteiger charge is 2.16. The highest BCUT2D eigenvalue weighted by atomic mass is 35.7. The summed E-state index contributed by atoms with van der Waals surface area (Å²) in [5, 5.41) is 2.17. The second kappa shape index (κ2) is 5.21. The predicted molar refractivity (Wildman–Crippen MR) is 61.8 cm³/mol. The lowest BCUT2D eigenvalue weighted by molar-refractivity contribution is -0.121. The Morgan fingerprint density at radius 1 is 1.71 bits per heavy atom. The molecule has 1 N–H and O–H groups in total. The van der Waals surface area contributed by atoms with Crippen molar-refractivity contribution in [2.45, 2.75) is 18.5 Å². The van der Waals surface area contributed by atoms with Crippen LogP contribution in [-0.2, 0) is 20.4 Å². The number of amides is 1. The highest BCUT2D eigenvalue weighted by molar-refractivity contribution is 8.13. The van der Waals surface area contributed by atoms with Gasteiger partial charge < -0.3 is 9.88 Å². The van der Waals surface area contributed by atoms with E-state index in [-0.39, 0.29) is 24.0 Å². The van der Waals surface area contributed by atoms with Gasteiger partial charge in [0.05, 0.1) is 6.54 Å². The van der Waals surface area contributed by atoms with Crippen molar-refractivity contribution in [3.63, 3.8) is 0 Å². The van der Waals surface area contributed by atoms with Crippen LogP contribution in [0.2, 0.25) is 0 Å². The monoisotopic (exact) mass is 275 g/mol. The molecule has 1 aromatic heterocycles. The van der Waals surface area contributed by atoms with Gasteiger partial charge in [-0.2, -0.15) is 0 Å². The summed E-state index contributed by atoms with van der Waals surface area (Å²) in [5.41, 5.74) is 0. The van der Waals surface area contributed by atoms with Crippen LogP contribution in [0, 0.1) is 19.3 Å². The molecule has 0 spiro atoms. The summed E-state index contributed by atoms with van der Waals surface area (Å²) < 4.78 is 23.4. The second-order valence-corrected chi connectivity index (χ2v) is 5.69. The molecule has 6 nitrogen and oxygen atoms in total. The lowest BCUT2D eigenvalue weighted by Gasteiger charge is -2.03. The predicted octanol–water partition coefficient (Wildman–Crippen LogP) is -0.132. The molecule has 0 aromatic carbocycles. The summed E-state index contributed by atoms with van der Waals surface area (Å²) in [6, 6.07) is 0. The second-order valence-electron chi connectivity index (χ2n) is 3.17. The zero-order valence-electron chi connectivity index (χ0n) is 8.97. The summed E-state index contributed by atoms with van der Waals surface area (Å²) in [5.74, 6) is 2.30. The number of carbonyl (C=O) groups excluding carboxylic acids is 1. The molecule has 1 rings (SSSR count). The van der Waals surface area contributed by atoms with Crippen LogP contribution in [0.25, 0.3) is 0 Å². The molecule has 0 saturated heterocycles. The number of nitrogens with zero attached hydrogens (tertiary/aromatic N) is 2. The largest absolute Gasteiger partial charge is 0.344 e. The summed E-state index contributed by atoms with van der Waals surface area (Å²) in [6.45, 7) is 1.63. The average molecular weight is 276 g/mol. The van der Waals surface area contributed by atoms with Crippen LogP contribution in [0.15, 0.2) is 11.2 Å². The Morgan fingerprint density at radius 2 is 2.35 bits per heavy atom. The van der Waals surface area contributed by atoms with Crippen LogP contribution in [-0.4, -0.2) is 30.4 Å². The lowest BCUT2D eigenvalue weighted by Crippen LogP contribution is -2.27. The van der Waals surface area contributed by atoms with E-state index in [9.17, 15) is 13.2 Å². The number of aromatic nitrogens is 2. The van der Waals surface area contributed by atoms with E-state index in [1.54, 1.807) is 6.92 Å². The van der Waals surface area contributed by atoms with E-state index in [1.807, 2.05) is 0 Å². The molecule has 0 unspecified atom stereocenters. The van der Waals surface area contributed by atoms with Gasteiger partial charge in [-0.3, -0.25) is 4.79 Å². The van der Waals surface area contributed by atoms with Crippen molar-refractivity contribution in [2.24, 2.45) is 0 Å². The van der Waals surface area contributed by atoms with E-state index in [1.165, 1.54) is 10.8 Å². The molecular formula is C9H10ClN3O3S. The quantitative estimate of drug-likeness (QED) is 0.613. The van der Waals surface area contributed by atoms with Gasteiger partial charge in [-0.15, -0.1) is 6.42 Å². The molecule has 1 heterocycles. The van der Waals surface area contributed by atoms with Gasteiger partial charge in [0.25, 0.3) is 9.05 Å². The Hall–Kier alpha value is -1.52. The molecule has 1 aromatic rings. The zero-order valence-corrected chi connectivity index (χ0v) is 10.5. The minimum atomic E-state index is -3.88. The number of rotatable bonds is 4. The third-order valence-corrected chi connectivity index (χ3v) is 3.08. The Kier molecular flexibility index (Phi) is 4.15. The van der Waals surface area contributed by atoms with Crippen molar-refractivity contribution in [3.8, 4) is 12.3 Å². The van der Waals surface area contributed by atoms with Crippen molar-refractivity contribution in [1.29, 1.82) is 0 Å². The minimum absolute atomic E-state index is 0.0626. The van der Waals surface area contributed by atoms with Gasteiger partial charge in [-0.05, 0) is 6.92 Å². The lowest BCUT2D eigenvalue weighted by atomic mass is 10.5. The number of aryl methyl sites for hydroxylation is 1. The smallest absolute Gasteiger partial charge is 0.280 e. The first-order chi connectivity index (χ1) is 7.84. The topological polar surface area (TPSA) is 81.1 Å². The van der Waals surface area contributed by atoms with Crippen molar-refractivity contribution in [2.75, 3.05) is 6.54 Å². The number of imidazole rings is 1. The molecule has 17 heavy (non-hydrogen) atoms. The Morgan fingerprint density at radius 3 is 2.82 bits per heavy atom. The van der Waals surface area contributed by atoms with Crippen LogP contribution in [0.5, 0.6) is 0 Å². The standard InChI is InChI=1S/C9H10ClN3O3S/c1-3-4-11-8(14)5-13-6-9(12-7(13)2)17(10,15)16/h1,6H,4-5H2,2H3,(H,11,14). The van der Waals surface area contributed by atoms with Crippen molar-refractivity contribution < 1.29 is 13.2 Å². The van der Waals surface area contributed by atoms with E-state index in [4.69, 9.17) is 17.1 Å². The fourth-order valence-electron chi connectivity index (χ4n) is 1.12. The van der Waals surface area contributed by atoms with Crippen molar-refractivity contribution in [3.05, 3.63) is 12.0 Å². The maximum absolute atomic E-state index is 11.3. The molecule has 0 aliphatic carbocycles. The summed E-state index contributed by atoms with van der Waals surface area (Å²) >= 11 is 0. The normalized spacial score (nSPS) is 10.9. The van der Waals surface area contributed by atoms with Gasteiger partial charge in [0.1, 0.15) is 12.4 Å². The van der Waals surface area contributed by atoms with Crippen LogP contribution in [0.4, 0.5) is 0 Å². The first-order valence-electron chi connectivity index (χ1n) is 4.53. The molecule has 8 heteroatoms. The first-order valence-corrected chi connectivity index (χ1v) is 6.84. The van der Waals surface area contributed by atoms with E-state index in [2.05, 4.69) is 16.2 Å². The molecule has 0 bridgehead atoms. The summed E-state index contributed by atoms with van der Waals surface area (Å²) in [4.78, 5) is 15.1. The summed E-state index contributed by atoms with van der Waals surface area (Å²) in [7, 11) is 1.25. The maximum Gasteiger partial charge on any atom is 0.280 e. The highest BCUT2D eigenvalue weighted by Crippen LogP contribution is 2.13. The van der Waals surface area contributed by atoms with E-state index in [0.29, 0.717) is 5.82 Å². The molecule has 0 fully saturated rings. The third-order valence-electron chi connectivity index (χ3n) is 1.91. The van der Waals surface area contributed by atoms with E-state index in [0.717, 1.165) is 0 Å².